The molecular formula is C28H26N4O3S. The Morgan fingerprint density at radius 3 is 2.64 bits per heavy atom. The van der Waals surface area contributed by atoms with Crippen LogP contribution < -0.4 is 10.1 Å². The Labute approximate surface area is 213 Å². The van der Waals surface area contributed by atoms with Gasteiger partial charge in [0.2, 0.25) is 11.8 Å². The van der Waals surface area contributed by atoms with Crippen LogP contribution in [0.1, 0.15) is 12.0 Å². The number of ether oxygens (including phenoxy) is 1. The molecule has 4 aromatic rings. The standard InChI is InChI=1S/C28H26N4O3S/c1-35-24-14-8-7-13-23(24)31-28-32(16-15-19-18-29-22-12-6-5-11-21(19)22)27(34)25(36-28)17-26(33)30-20-9-3-2-4-10-20/h2-14,18,25,29H,15-17H2,1H3,(H,30,33). The van der Waals surface area contributed by atoms with Crippen LogP contribution in [0.25, 0.3) is 10.9 Å². The van der Waals surface area contributed by atoms with E-state index in [0.717, 1.165) is 16.5 Å². The van der Waals surface area contributed by atoms with Crippen LogP contribution >= 0.6 is 11.8 Å². The van der Waals surface area contributed by atoms with Crippen LogP contribution in [0.3, 0.4) is 0 Å². The predicted molar refractivity (Wildman–Crippen MR) is 145 cm³/mol. The van der Waals surface area contributed by atoms with Gasteiger partial charge >= 0.3 is 0 Å². The maximum atomic E-state index is 13.5. The molecule has 1 unspecified atom stereocenters. The molecule has 0 spiro atoms. The Morgan fingerprint density at radius 2 is 1.81 bits per heavy atom. The monoisotopic (exact) mass is 498 g/mol. The highest BCUT2D eigenvalue weighted by atomic mass is 32.2. The highest BCUT2D eigenvalue weighted by Crippen LogP contribution is 2.35. The van der Waals surface area contributed by atoms with Crippen molar-refractivity contribution in [2.75, 3.05) is 19.0 Å². The van der Waals surface area contributed by atoms with Gasteiger partial charge in [-0.05, 0) is 42.3 Å². The molecule has 0 aliphatic carbocycles. The van der Waals surface area contributed by atoms with Crippen molar-refractivity contribution in [3.05, 3.63) is 90.6 Å². The number of benzene rings is 3. The van der Waals surface area contributed by atoms with Crippen LogP contribution in [0.2, 0.25) is 0 Å². The van der Waals surface area contributed by atoms with Crippen molar-refractivity contribution in [3.63, 3.8) is 0 Å². The number of para-hydroxylation sites is 4. The van der Waals surface area contributed by atoms with E-state index >= 15 is 0 Å². The largest absolute Gasteiger partial charge is 0.494 e. The number of nitrogens with one attached hydrogen (secondary N) is 2. The summed E-state index contributed by atoms with van der Waals surface area (Å²) in [5.74, 6) is 0.304. The van der Waals surface area contributed by atoms with Crippen LogP contribution in [-0.4, -0.2) is 45.8 Å². The van der Waals surface area contributed by atoms with Crippen LogP contribution in [-0.2, 0) is 16.0 Å². The van der Waals surface area contributed by atoms with E-state index in [0.29, 0.717) is 35.3 Å². The summed E-state index contributed by atoms with van der Waals surface area (Å²) in [6.45, 7) is 0.457. The highest BCUT2D eigenvalue weighted by molar-refractivity contribution is 8.15. The average molecular weight is 499 g/mol. The number of hydrogen-bond donors (Lipinski definition) is 2. The quantitative estimate of drug-likeness (QED) is 0.342. The maximum Gasteiger partial charge on any atom is 0.242 e. The molecule has 182 valence electrons. The number of aliphatic imine (C=N–C) groups is 1. The summed E-state index contributed by atoms with van der Waals surface area (Å²) in [6.07, 6.45) is 2.71. The number of H-pyrrole nitrogens is 1. The molecule has 36 heavy (non-hydrogen) atoms. The molecule has 1 aliphatic rings. The average Bonchev–Trinajstić information content (AvgIpc) is 3.44. The van der Waals surface area contributed by atoms with Crippen LogP contribution in [0.15, 0.2) is 90.1 Å². The summed E-state index contributed by atoms with van der Waals surface area (Å²) >= 11 is 1.32. The van der Waals surface area contributed by atoms with Crippen molar-refractivity contribution in [3.8, 4) is 5.75 Å². The van der Waals surface area contributed by atoms with E-state index < -0.39 is 5.25 Å². The van der Waals surface area contributed by atoms with Crippen molar-refractivity contribution in [2.45, 2.75) is 18.1 Å². The lowest BCUT2D eigenvalue weighted by Gasteiger charge is -2.16. The van der Waals surface area contributed by atoms with E-state index in [-0.39, 0.29) is 18.2 Å². The molecule has 2 amide bonds. The number of carbonyl (C=O) groups excluding carboxylic acids is 2. The molecule has 1 aliphatic heterocycles. The normalized spacial score (nSPS) is 16.6. The highest BCUT2D eigenvalue weighted by Gasteiger charge is 2.39. The Hall–Kier alpha value is -4.04. The molecule has 1 aromatic heterocycles. The van der Waals surface area contributed by atoms with Crippen LogP contribution in [0.4, 0.5) is 11.4 Å². The fraction of sp³-hybridized carbons (Fsp3) is 0.179. The second-order valence-corrected chi connectivity index (χ2v) is 9.56. The number of aromatic nitrogens is 1. The molecule has 0 saturated carbocycles. The number of fused-ring (bicyclic) bond motifs is 1. The number of methoxy groups -OCH3 is 1. The third-order valence-corrected chi connectivity index (χ3v) is 7.20. The summed E-state index contributed by atoms with van der Waals surface area (Å²) in [5, 5.41) is 4.03. The molecule has 5 rings (SSSR count). The molecule has 1 saturated heterocycles. The van der Waals surface area contributed by atoms with Crippen molar-refractivity contribution in [2.24, 2.45) is 4.99 Å². The van der Waals surface area contributed by atoms with E-state index in [1.54, 1.807) is 12.0 Å². The van der Waals surface area contributed by atoms with Gasteiger partial charge in [-0.3, -0.25) is 14.5 Å². The third kappa shape index (κ3) is 5.13. The topological polar surface area (TPSA) is 86.8 Å². The zero-order chi connectivity index (χ0) is 24.9. The molecule has 7 nitrogen and oxygen atoms in total. The fourth-order valence-electron chi connectivity index (χ4n) is 4.23. The van der Waals surface area contributed by atoms with Crippen LogP contribution in [0, 0.1) is 0 Å². The number of thioether (sulfide) groups is 1. The first-order chi connectivity index (χ1) is 17.6. The minimum atomic E-state index is -0.551. The van der Waals surface area contributed by atoms with Gasteiger partial charge in [-0.25, -0.2) is 4.99 Å². The van der Waals surface area contributed by atoms with Gasteiger partial charge in [0, 0.05) is 35.8 Å². The van der Waals surface area contributed by atoms with E-state index in [1.807, 2.05) is 79.0 Å². The molecule has 2 heterocycles. The molecule has 1 atom stereocenters. The number of aromatic amines is 1. The molecule has 8 heteroatoms. The zero-order valence-corrected chi connectivity index (χ0v) is 20.6. The SMILES string of the molecule is COc1ccccc1N=C1SC(CC(=O)Nc2ccccc2)C(=O)N1CCc1c[nH]c2ccccc12. The first-order valence-corrected chi connectivity index (χ1v) is 12.6. The number of rotatable bonds is 8. The molecule has 3 aromatic carbocycles. The molecule has 1 fully saturated rings. The minimum absolute atomic E-state index is 0.0624. The lowest BCUT2D eigenvalue weighted by molar-refractivity contribution is -0.128. The predicted octanol–water partition coefficient (Wildman–Crippen LogP) is 5.38. The third-order valence-electron chi connectivity index (χ3n) is 6.03. The van der Waals surface area contributed by atoms with E-state index in [9.17, 15) is 9.59 Å². The second kappa shape index (κ2) is 10.7. The van der Waals surface area contributed by atoms with Gasteiger partial charge in [0.1, 0.15) is 16.7 Å². The van der Waals surface area contributed by atoms with Crippen molar-refractivity contribution in [1.82, 2.24) is 9.88 Å². The Balaban J connectivity index is 1.38. The number of anilines is 1. The lowest BCUT2D eigenvalue weighted by atomic mass is 10.1. The van der Waals surface area contributed by atoms with Gasteiger partial charge < -0.3 is 15.0 Å². The second-order valence-electron chi connectivity index (χ2n) is 8.39. The fourth-order valence-corrected chi connectivity index (χ4v) is 5.41. The van der Waals surface area contributed by atoms with Gasteiger partial charge in [0.05, 0.1) is 7.11 Å². The molecule has 0 radical (unpaired) electrons. The summed E-state index contributed by atoms with van der Waals surface area (Å²) in [5.41, 5.74) is 3.54. The zero-order valence-electron chi connectivity index (χ0n) is 19.8. The maximum absolute atomic E-state index is 13.5. The van der Waals surface area contributed by atoms with Crippen molar-refractivity contribution in [1.29, 1.82) is 0 Å². The van der Waals surface area contributed by atoms with Gasteiger partial charge in [-0.15, -0.1) is 0 Å². The first-order valence-electron chi connectivity index (χ1n) is 11.7. The molecule has 0 bridgehead atoms. The van der Waals surface area contributed by atoms with E-state index in [4.69, 9.17) is 9.73 Å². The first kappa shape index (κ1) is 23.7. The number of nitrogens with zero attached hydrogens (tertiary/aromatic N) is 2. The van der Waals surface area contributed by atoms with Gasteiger partial charge in [0.15, 0.2) is 5.17 Å². The lowest BCUT2D eigenvalue weighted by Crippen LogP contribution is -2.35. The number of amides is 2. The number of carbonyl (C=O) groups is 2. The van der Waals surface area contributed by atoms with Crippen molar-refractivity contribution < 1.29 is 14.3 Å². The molecular weight excluding hydrogens is 472 g/mol. The summed E-state index contributed by atoms with van der Waals surface area (Å²) in [4.78, 5) is 36.0. The number of hydrogen-bond acceptors (Lipinski definition) is 5. The summed E-state index contributed by atoms with van der Waals surface area (Å²) in [7, 11) is 1.59. The smallest absolute Gasteiger partial charge is 0.242 e. The van der Waals surface area contributed by atoms with Gasteiger partial charge in [0.25, 0.3) is 0 Å². The minimum Gasteiger partial charge on any atom is -0.494 e. The number of amidine groups is 1. The molecule has 2 N–H and O–H groups in total. The Morgan fingerprint density at radius 1 is 1.06 bits per heavy atom. The Kier molecular flexibility index (Phi) is 7.04. The van der Waals surface area contributed by atoms with Gasteiger partial charge in [-0.2, -0.15) is 0 Å². The van der Waals surface area contributed by atoms with Crippen LogP contribution in [0.5, 0.6) is 5.75 Å². The van der Waals surface area contributed by atoms with E-state index in [2.05, 4.69) is 16.4 Å². The summed E-state index contributed by atoms with van der Waals surface area (Å²) < 4.78 is 5.45. The van der Waals surface area contributed by atoms with Crippen molar-refractivity contribution >= 4 is 51.0 Å². The van der Waals surface area contributed by atoms with E-state index in [1.165, 1.54) is 11.8 Å². The van der Waals surface area contributed by atoms with Gasteiger partial charge in [-0.1, -0.05) is 60.3 Å². The summed E-state index contributed by atoms with van der Waals surface area (Å²) in [6, 6.07) is 24.8. The Bertz CT molecular complexity index is 1420.